The summed E-state index contributed by atoms with van der Waals surface area (Å²) in [5, 5.41) is 10.3. The van der Waals surface area contributed by atoms with Crippen LogP contribution in [0.3, 0.4) is 0 Å². The minimum atomic E-state index is -5.08. The Morgan fingerprint density at radius 1 is 1.00 bits per heavy atom. The Morgan fingerprint density at radius 3 is 2.00 bits per heavy atom. The van der Waals surface area contributed by atoms with Crippen LogP contribution in [0.15, 0.2) is 53.4 Å². The highest BCUT2D eigenvalue weighted by Crippen LogP contribution is 2.22. The Kier molecular flexibility index (Phi) is 11.5. The van der Waals surface area contributed by atoms with E-state index in [0.717, 1.165) is 25.1 Å². The highest BCUT2D eigenvalue weighted by Gasteiger charge is 2.38. The molecule has 0 unspecified atom stereocenters. The van der Waals surface area contributed by atoms with Crippen molar-refractivity contribution in [2.24, 2.45) is 0 Å². The van der Waals surface area contributed by atoms with Gasteiger partial charge in [0.1, 0.15) is 5.75 Å². The zero-order chi connectivity index (χ0) is 28.3. The van der Waals surface area contributed by atoms with Gasteiger partial charge in [-0.15, -0.1) is 0 Å². The molecule has 0 atom stereocenters. The van der Waals surface area contributed by atoms with Crippen LogP contribution >= 0.6 is 0 Å². The van der Waals surface area contributed by atoms with E-state index in [1.165, 1.54) is 22.0 Å². The molecule has 1 aliphatic rings. The highest BCUT2D eigenvalue weighted by molar-refractivity contribution is 7.89. The number of sulfonamides is 1. The van der Waals surface area contributed by atoms with Crippen LogP contribution in [0.25, 0.3) is 0 Å². The predicted octanol–water partition coefficient (Wildman–Crippen LogP) is 2.90. The van der Waals surface area contributed by atoms with Gasteiger partial charge in [0.05, 0.1) is 18.0 Å². The van der Waals surface area contributed by atoms with Crippen molar-refractivity contribution in [3.63, 3.8) is 0 Å². The fourth-order valence-corrected chi connectivity index (χ4v) is 4.88. The summed E-state index contributed by atoms with van der Waals surface area (Å²) in [5.41, 5.74) is 2.03. The van der Waals surface area contributed by atoms with Gasteiger partial charge < -0.3 is 20.1 Å². The first-order chi connectivity index (χ1) is 17.9. The second-order valence-corrected chi connectivity index (χ2v) is 10.2. The van der Waals surface area contributed by atoms with Gasteiger partial charge in [0.25, 0.3) is 0 Å². The standard InChI is InChI=1S/C23H31N3O4S.C2HF3O2/c1-3-19-5-7-20(8-6-19)17-26(18-23(27)25-15-13-24-14-16-25)31(28,29)22-11-9-21(10-12-22)30-4-2;3-2(4,5)1(6)7/h5-12,24H,3-4,13-18H2,1-2H3;(H,6,7). The maximum atomic E-state index is 13.4. The van der Waals surface area contributed by atoms with Crippen molar-refractivity contribution in [2.75, 3.05) is 39.3 Å². The number of rotatable bonds is 9. The minimum Gasteiger partial charge on any atom is -0.494 e. The lowest BCUT2D eigenvalue weighted by Crippen LogP contribution is -2.50. The third-order valence-electron chi connectivity index (χ3n) is 5.59. The minimum absolute atomic E-state index is 0.136. The number of hydrogen-bond acceptors (Lipinski definition) is 6. The molecule has 3 rings (SSSR count). The molecule has 2 aromatic carbocycles. The number of alkyl halides is 3. The molecule has 1 aliphatic heterocycles. The van der Waals surface area contributed by atoms with E-state index in [-0.39, 0.29) is 23.9 Å². The average molecular weight is 560 g/mol. The normalized spacial score (nSPS) is 14.0. The number of carboxylic acids is 1. The van der Waals surface area contributed by atoms with Crippen molar-refractivity contribution < 1.29 is 41.0 Å². The van der Waals surface area contributed by atoms with Crippen molar-refractivity contribution in [3.8, 4) is 5.75 Å². The molecule has 2 N–H and O–H groups in total. The number of benzene rings is 2. The van der Waals surface area contributed by atoms with Gasteiger partial charge in [0, 0.05) is 32.7 Å². The Bertz CT molecular complexity index is 1150. The van der Waals surface area contributed by atoms with E-state index >= 15 is 0 Å². The van der Waals surface area contributed by atoms with Crippen LogP contribution in [0.5, 0.6) is 5.75 Å². The fraction of sp³-hybridized carbons (Fsp3) is 0.440. The first-order valence-corrected chi connectivity index (χ1v) is 13.4. The van der Waals surface area contributed by atoms with Gasteiger partial charge in [-0.2, -0.15) is 17.5 Å². The molecule has 1 fully saturated rings. The summed E-state index contributed by atoms with van der Waals surface area (Å²) in [5.74, 6) is -2.33. The lowest BCUT2D eigenvalue weighted by molar-refractivity contribution is -0.192. The summed E-state index contributed by atoms with van der Waals surface area (Å²) in [4.78, 5) is 23.7. The maximum absolute atomic E-state index is 13.4. The number of amides is 1. The number of ether oxygens (including phenoxy) is 1. The number of aliphatic carboxylic acids is 1. The van der Waals surface area contributed by atoms with Crippen LogP contribution < -0.4 is 10.1 Å². The molecule has 13 heteroatoms. The summed E-state index contributed by atoms with van der Waals surface area (Å²) < 4.78 is 65.3. The Balaban J connectivity index is 0.000000638. The van der Waals surface area contributed by atoms with Gasteiger partial charge in [-0.3, -0.25) is 4.79 Å². The molecule has 2 aromatic rings. The summed E-state index contributed by atoms with van der Waals surface area (Å²) in [6.45, 7) is 7.00. The molecule has 0 bridgehead atoms. The topological polar surface area (TPSA) is 116 Å². The quantitative estimate of drug-likeness (QED) is 0.485. The van der Waals surface area contributed by atoms with Gasteiger partial charge in [0.2, 0.25) is 15.9 Å². The molecule has 210 valence electrons. The van der Waals surface area contributed by atoms with Crippen molar-refractivity contribution >= 4 is 21.9 Å². The molecule has 0 aliphatic carbocycles. The van der Waals surface area contributed by atoms with Gasteiger partial charge in [-0.05, 0) is 48.7 Å². The first kappa shape index (κ1) is 31.1. The van der Waals surface area contributed by atoms with E-state index in [2.05, 4.69) is 12.2 Å². The van der Waals surface area contributed by atoms with Crippen LogP contribution in [0.1, 0.15) is 25.0 Å². The second kappa shape index (κ2) is 14.1. The van der Waals surface area contributed by atoms with Crippen LogP contribution in [0.2, 0.25) is 0 Å². The molecule has 0 saturated carbocycles. The van der Waals surface area contributed by atoms with E-state index in [1.807, 2.05) is 31.2 Å². The van der Waals surface area contributed by atoms with Crippen molar-refractivity contribution in [1.29, 1.82) is 0 Å². The molecule has 38 heavy (non-hydrogen) atoms. The fourth-order valence-electron chi connectivity index (χ4n) is 3.50. The van der Waals surface area contributed by atoms with Gasteiger partial charge >= 0.3 is 12.1 Å². The maximum Gasteiger partial charge on any atom is 0.490 e. The third-order valence-corrected chi connectivity index (χ3v) is 7.39. The van der Waals surface area contributed by atoms with Gasteiger partial charge in [-0.1, -0.05) is 31.2 Å². The average Bonchev–Trinajstić information content (AvgIpc) is 2.89. The highest BCUT2D eigenvalue weighted by atomic mass is 32.2. The van der Waals surface area contributed by atoms with Crippen molar-refractivity contribution in [2.45, 2.75) is 37.9 Å². The number of carboxylic acid groups (broad SMARTS) is 1. The van der Waals surface area contributed by atoms with Gasteiger partial charge in [0.15, 0.2) is 0 Å². The zero-order valence-corrected chi connectivity index (χ0v) is 22.0. The number of carbonyl (C=O) groups is 2. The lowest BCUT2D eigenvalue weighted by atomic mass is 10.1. The van der Waals surface area contributed by atoms with E-state index in [4.69, 9.17) is 14.6 Å². The Hall–Kier alpha value is -3.16. The number of nitrogens with one attached hydrogen (secondary N) is 1. The van der Waals surface area contributed by atoms with E-state index in [1.54, 1.807) is 17.0 Å². The van der Waals surface area contributed by atoms with Crippen LogP contribution in [0, 0.1) is 0 Å². The molecule has 1 saturated heterocycles. The molecule has 0 aromatic heterocycles. The van der Waals surface area contributed by atoms with E-state index in [0.29, 0.717) is 25.4 Å². The lowest BCUT2D eigenvalue weighted by Gasteiger charge is -2.30. The molecule has 0 spiro atoms. The number of hydrogen-bond donors (Lipinski definition) is 2. The van der Waals surface area contributed by atoms with E-state index in [9.17, 15) is 26.4 Å². The molecule has 0 radical (unpaired) electrons. The smallest absolute Gasteiger partial charge is 0.490 e. The third kappa shape index (κ3) is 9.30. The number of carbonyl (C=O) groups excluding carboxylic acids is 1. The zero-order valence-electron chi connectivity index (χ0n) is 21.2. The van der Waals surface area contributed by atoms with Crippen molar-refractivity contribution in [3.05, 3.63) is 59.7 Å². The monoisotopic (exact) mass is 559 g/mol. The predicted molar refractivity (Wildman–Crippen MR) is 134 cm³/mol. The van der Waals surface area contributed by atoms with Crippen molar-refractivity contribution in [1.82, 2.24) is 14.5 Å². The number of halogens is 3. The molecule has 1 heterocycles. The summed E-state index contributed by atoms with van der Waals surface area (Å²) in [6, 6.07) is 14.2. The van der Waals surface area contributed by atoms with Crippen LogP contribution in [-0.4, -0.2) is 80.1 Å². The van der Waals surface area contributed by atoms with Gasteiger partial charge in [-0.25, -0.2) is 13.2 Å². The summed E-state index contributed by atoms with van der Waals surface area (Å²) in [7, 11) is -3.87. The Labute approximate surface area is 220 Å². The summed E-state index contributed by atoms with van der Waals surface area (Å²) >= 11 is 0. The first-order valence-electron chi connectivity index (χ1n) is 12.0. The molecular weight excluding hydrogens is 527 g/mol. The molecule has 9 nitrogen and oxygen atoms in total. The Morgan fingerprint density at radius 2 is 1.53 bits per heavy atom. The molecule has 1 amide bonds. The molecular formula is C25H32F3N3O6S. The number of aryl methyl sites for hydroxylation is 1. The SMILES string of the molecule is CCOc1ccc(S(=O)(=O)N(CC(=O)N2CCNCC2)Cc2ccc(CC)cc2)cc1.O=C(O)C(F)(F)F. The number of nitrogens with zero attached hydrogens (tertiary/aromatic N) is 2. The second-order valence-electron chi connectivity index (χ2n) is 8.28. The van der Waals surface area contributed by atoms with Crippen LogP contribution in [0.4, 0.5) is 13.2 Å². The largest absolute Gasteiger partial charge is 0.494 e. The van der Waals surface area contributed by atoms with E-state index < -0.39 is 22.2 Å². The van der Waals surface area contributed by atoms with Crippen LogP contribution in [-0.2, 0) is 32.6 Å². The summed E-state index contributed by atoms with van der Waals surface area (Å²) in [6.07, 6.45) is -4.17. The number of piperazine rings is 1.